The number of aryl methyl sites for hydroxylation is 1. The number of aromatic nitrogens is 6. The molecule has 0 radical (unpaired) electrons. The standard InChI is InChI=1S/C35H38N6O6/c1-4-41-38-32(37-39-41)28-15-10-9-14-27(28)25-20-18-24(19-21-25)22-40-31-29(16-11-17-30(31)36-34(40)44-5-2)33(42)45-23(3)46-35(43)47-26-12-7-6-8-13-26/h9-11,14-21,23,26H,4-8,12-13,22H2,1-3H3/i1D3,4D2. The minimum Gasteiger partial charge on any atom is -0.465 e. The molecule has 0 bridgehead atoms. The molecule has 2 aromatic heterocycles. The number of benzene rings is 3. The number of rotatable bonds is 11. The van der Waals surface area contributed by atoms with Gasteiger partial charge in [0.25, 0.3) is 6.01 Å². The predicted octanol–water partition coefficient (Wildman–Crippen LogP) is 6.81. The zero-order chi connectivity index (χ0) is 37.0. The predicted molar refractivity (Wildman–Crippen MR) is 174 cm³/mol. The smallest absolute Gasteiger partial charge is 0.465 e. The lowest BCUT2D eigenvalue weighted by Gasteiger charge is -2.22. The molecule has 0 amide bonds. The van der Waals surface area contributed by atoms with Crippen molar-refractivity contribution in [2.24, 2.45) is 0 Å². The summed E-state index contributed by atoms with van der Waals surface area (Å²) in [6, 6.07) is 20.1. The fourth-order valence-electron chi connectivity index (χ4n) is 5.71. The van der Waals surface area contributed by atoms with Gasteiger partial charge in [-0.2, -0.15) is 9.78 Å². The Morgan fingerprint density at radius 3 is 2.55 bits per heavy atom. The number of esters is 1. The van der Waals surface area contributed by atoms with Gasteiger partial charge in [0.05, 0.1) is 39.0 Å². The summed E-state index contributed by atoms with van der Waals surface area (Å²) >= 11 is 0. The molecule has 6 rings (SSSR count). The summed E-state index contributed by atoms with van der Waals surface area (Å²) < 4.78 is 62.3. The summed E-state index contributed by atoms with van der Waals surface area (Å²) in [4.78, 5) is 30.9. The van der Waals surface area contributed by atoms with Crippen molar-refractivity contribution in [3.63, 3.8) is 0 Å². The van der Waals surface area contributed by atoms with E-state index in [-0.39, 0.29) is 24.0 Å². The third kappa shape index (κ3) is 7.26. The van der Waals surface area contributed by atoms with Gasteiger partial charge in [0.15, 0.2) is 0 Å². The van der Waals surface area contributed by atoms with E-state index in [2.05, 4.69) is 20.4 Å². The van der Waals surface area contributed by atoms with Crippen LogP contribution in [-0.4, -0.2) is 60.9 Å². The minimum atomic E-state index is -3.00. The van der Waals surface area contributed by atoms with Gasteiger partial charge in [-0.05, 0) is 73.5 Å². The Hall–Kier alpha value is -5.26. The van der Waals surface area contributed by atoms with Crippen LogP contribution in [0.15, 0.2) is 66.7 Å². The van der Waals surface area contributed by atoms with Crippen molar-refractivity contribution >= 4 is 23.2 Å². The Morgan fingerprint density at radius 1 is 1.00 bits per heavy atom. The first kappa shape index (κ1) is 25.9. The van der Waals surface area contributed by atoms with Crippen LogP contribution in [0.25, 0.3) is 33.5 Å². The van der Waals surface area contributed by atoms with Crippen LogP contribution < -0.4 is 4.74 Å². The van der Waals surface area contributed by atoms with Crippen molar-refractivity contribution in [2.45, 2.75) is 78.2 Å². The van der Waals surface area contributed by atoms with Crippen molar-refractivity contribution < 1.29 is 35.4 Å². The zero-order valence-electron chi connectivity index (χ0n) is 31.1. The van der Waals surface area contributed by atoms with Gasteiger partial charge in [0.1, 0.15) is 6.10 Å². The average Bonchev–Trinajstić information content (AvgIpc) is 3.75. The third-order valence-corrected chi connectivity index (χ3v) is 7.86. The first-order valence-electron chi connectivity index (χ1n) is 18.0. The number of hydrogen-bond donors (Lipinski definition) is 0. The molecule has 1 unspecified atom stereocenters. The Balaban J connectivity index is 1.23. The van der Waals surface area contributed by atoms with Crippen LogP contribution in [0.5, 0.6) is 6.01 Å². The Bertz CT molecular complexity index is 2040. The molecule has 0 aliphatic heterocycles. The summed E-state index contributed by atoms with van der Waals surface area (Å²) in [5.74, 6) is -0.642. The lowest BCUT2D eigenvalue weighted by atomic mass is 9.98. The monoisotopic (exact) mass is 643 g/mol. The number of nitrogens with zero attached hydrogens (tertiary/aromatic N) is 6. The summed E-state index contributed by atoms with van der Waals surface area (Å²) in [5, 5.41) is 11.7. The van der Waals surface area contributed by atoms with E-state index in [4.69, 9.17) is 25.8 Å². The van der Waals surface area contributed by atoms with Crippen LogP contribution in [0, 0.1) is 0 Å². The van der Waals surface area contributed by atoms with E-state index in [0.717, 1.165) is 48.8 Å². The van der Waals surface area contributed by atoms with Gasteiger partial charge in [-0.15, -0.1) is 10.2 Å². The Kier molecular flexibility index (Phi) is 7.95. The normalized spacial score (nSPS) is 16.3. The first-order valence-corrected chi connectivity index (χ1v) is 15.5. The molecular weight excluding hydrogens is 600 g/mol. The van der Waals surface area contributed by atoms with Crippen LogP contribution in [0.2, 0.25) is 0 Å². The van der Waals surface area contributed by atoms with Gasteiger partial charge in [-0.3, -0.25) is 4.57 Å². The quantitative estimate of drug-likeness (QED) is 0.112. The molecule has 1 atom stereocenters. The van der Waals surface area contributed by atoms with Crippen molar-refractivity contribution in [3.8, 4) is 28.5 Å². The lowest BCUT2D eigenvalue weighted by molar-refractivity contribution is -0.0914. The molecule has 3 aromatic carbocycles. The number of ether oxygens (including phenoxy) is 4. The maximum Gasteiger partial charge on any atom is 0.511 e. The minimum absolute atomic E-state index is 0.0688. The summed E-state index contributed by atoms with van der Waals surface area (Å²) in [5.41, 5.74) is 4.09. The second kappa shape index (κ2) is 14.4. The molecule has 0 spiro atoms. The number of fused-ring (bicyclic) bond motifs is 1. The van der Waals surface area contributed by atoms with E-state index < -0.39 is 31.8 Å². The van der Waals surface area contributed by atoms with Crippen molar-refractivity contribution in [2.75, 3.05) is 6.61 Å². The molecule has 1 saturated carbocycles. The maximum absolute atomic E-state index is 13.5. The number of hydrogen-bond acceptors (Lipinski definition) is 10. The van der Waals surface area contributed by atoms with Gasteiger partial charge >= 0.3 is 12.1 Å². The molecular formula is C35H38N6O6. The highest BCUT2D eigenvalue weighted by Crippen LogP contribution is 2.31. The molecule has 244 valence electrons. The topological polar surface area (TPSA) is 132 Å². The summed E-state index contributed by atoms with van der Waals surface area (Å²) in [6.07, 6.45) is 2.39. The van der Waals surface area contributed by atoms with Gasteiger partial charge in [-0.1, -0.05) is 61.0 Å². The Labute approximate surface area is 279 Å². The first-order chi connectivity index (χ1) is 24.9. The highest BCUT2D eigenvalue weighted by molar-refractivity contribution is 6.02. The highest BCUT2D eigenvalue weighted by atomic mass is 16.8. The van der Waals surface area contributed by atoms with E-state index in [0.29, 0.717) is 34.0 Å². The van der Waals surface area contributed by atoms with Crippen LogP contribution in [-0.2, 0) is 27.3 Å². The zero-order valence-corrected chi connectivity index (χ0v) is 26.1. The number of imidazole rings is 1. The van der Waals surface area contributed by atoms with E-state index >= 15 is 0 Å². The number of carbonyl (C=O) groups excluding carboxylic acids is 2. The largest absolute Gasteiger partial charge is 0.511 e. The maximum atomic E-state index is 13.5. The molecule has 1 aliphatic carbocycles. The number of para-hydroxylation sites is 1. The second-order valence-electron chi connectivity index (χ2n) is 11.1. The molecule has 47 heavy (non-hydrogen) atoms. The molecule has 12 nitrogen and oxygen atoms in total. The summed E-state index contributed by atoms with van der Waals surface area (Å²) in [7, 11) is 0. The van der Waals surface area contributed by atoms with E-state index in [9.17, 15) is 9.59 Å². The van der Waals surface area contributed by atoms with Gasteiger partial charge in [-0.25, -0.2) is 9.59 Å². The molecule has 0 saturated heterocycles. The van der Waals surface area contributed by atoms with Crippen molar-refractivity contribution in [1.29, 1.82) is 0 Å². The number of tetrazole rings is 1. The van der Waals surface area contributed by atoms with Crippen LogP contribution in [0.3, 0.4) is 0 Å². The molecule has 0 N–H and O–H groups in total. The molecule has 12 heteroatoms. The SMILES string of the molecule is [2H]C([2H])([2H])C([2H])([2H])n1nnc(-c2ccccc2-c2ccc(Cn3c(OCC)nc4cccc(C(=O)OC(C)OC(=O)OC5CCCCC5)c43)cc2)n1. The molecule has 1 fully saturated rings. The van der Waals surface area contributed by atoms with Gasteiger partial charge in [0.2, 0.25) is 12.1 Å². The fraction of sp³-hybridized carbons (Fsp3) is 0.371. The summed E-state index contributed by atoms with van der Waals surface area (Å²) in [6.45, 7) is -1.95. The van der Waals surface area contributed by atoms with Crippen LogP contribution in [0.4, 0.5) is 4.79 Å². The van der Waals surface area contributed by atoms with E-state index in [1.165, 1.54) is 6.92 Å². The molecule has 5 aromatic rings. The highest BCUT2D eigenvalue weighted by Gasteiger charge is 2.25. The van der Waals surface area contributed by atoms with Crippen LogP contribution in [0.1, 0.15) is 75.6 Å². The third-order valence-electron chi connectivity index (χ3n) is 7.86. The van der Waals surface area contributed by atoms with Gasteiger partial charge in [0, 0.05) is 16.6 Å². The van der Waals surface area contributed by atoms with Crippen molar-refractivity contribution in [1.82, 2.24) is 29.8 Å². The lowest BCUT2D eigenvalue weighted by Crippen LogP contribution is -2.26. The second-order valence-corrected chi connectivity index (χ2v) is 11.1. The van der Waals surface area contributed by atoms with E-state index in [1.54, 1.807) is 34.9 Å². The Morgan fingerprint density at radius 2 is 1.79 bits per heavy atom. The molecule has 2 heterocycles. The van der Waals surface area contributed by atoms with E-state index in [1.807, 2.05) is 43.3 Å². The van der Waals surface area contributed by atoms with Gasteiger partial charge < -0.3 is 18.9 Å². The number of carbonyl (C=O) groups is 2. The fourth-order valence-corrected chi connectivity index (χ4v) is 5.71. The van der Waals surface area contributed by atoms with Crippen LogP contribution >= 0.6 is 0 Å². The average molecular weight is 644 g/mol. The van der Waals surface area contributed by atoms with Crippen molar-refractivity contribution in [3.05, 3.63) is 77.9 Å². The molecule has 1 aliphatic rings.